The van der Waals surface area contributed by atoms with Gasteiger partial charge in [-0.1, -0.05) is 66.2 Å². The molecule has 33 heavy (non-hydrogen) atoms. The van der Waals surface area contributed by atoms with Crippen LogP contribution in [-0.2, 0) is 20.9 Å². The number of hydrogen-bond acceptors (Lipinski definition) is 4. The van der Waals surface area contributed by atoms with E-state index in [0.29, 0.717) is 12.8 Å². The quantitative estimate of drug-likeness (QED) is 0.326. The molecule has 0 spiro atoms. The molecule has 1 saturated heterocycles. The molecule has 2 atom stereocenters. The topological polar surface area (TPSA) is 46.6 Å². The second kappa shape index (κ2) is 9.20. The van der Waals surface area contributed by atoms with Gasteiger partial charge in [0.25, 0.3) is 0 Å². The summed E-state index contributed by atoms with van der Waals surface area (Å²) in [5, 5.41) is 4.19. The first-order valence-electron chi connectivity index (χ1n) is 11.2. The summed E-state index contributed by atoms with van der Waals surface area (Å²) in [5.74, 6) is -0.640. The van der Waals surface area contributed by atoms with Crippen molar-refractivity contribution in [1.29, 1.82) is 0 Å². The van der Waals surface area contributed by atoms with Gasteiger partial charge in [-0.25, -0.2) is 0 Å². The molecular weight excluding hydrogens is 430 g/mol. The third kappa shape index (κ3) is 4.29. The molecule has 0 unspecified atom stereocenters. The molecule has 166 valence electrons. The van der Waals surface area contributed by atoms with E-state index in [2.05, 4.69) is 12.1 Å². The molecule has 1 aliphatic rings. The lowest BCUT2D eigenvalue weighted by atomic mass is 9.87. The molecule has 1 amide bonds. The number of hydrogen-bond donors (Lipinski definition) is 0. The molecule has 1 aromatic heterocycles. The zero-order chi connectivity index (χ0) is 22.8. The number of carbonyl (C=O) groups excluding carboxylic acids is 2. The van der Waals surface area contributed by atoms with Crippen LogP contribution in [0.25, 0.3) is 10.8 Å². The van der Waals surface area contributed by atoms with Crippen LogP contribution in [0.1, 0.15) is 34.9 Å². The Hall–Kier alpha value is -3.44. The number of aryl methyl sites for hydroxylation is 1. The molecule has 0 saturated carbocycles. The molecule has 5 rings (SSSR count). The van der Waals surface area contributed by atoms with E-state index in [1.54, 1.807) is 16.2 Å². The minimum Gasteiger partial charge on any atom is -0.461 e. The molecule has 2 heterocycles. The second-order valence-corrected chi connectivity index (χ2v) is 9.43. The monoisotopic (exact) mass is 455 g/mol. The largest absolute Gasteiger partial charge is 0.461 e. The van der Waals surface area contributed by atoms with Crippen molar-refractivity contribution >= 4 is 39.7 Å². The molecule has 0 bridgehead atoms. The van der Waals surface area contributed by atoms with Gasteiger partial charge in [0.15, 0.2) is 0 Å². The molecule has 0 aliphatic carbocycles. The van der Waals surface area contributed by atoms with Crippen molar-refractivity contribution in [2.75, 3.05) is 4.90 Å². The number of amides is 1. The van der Waals surface area contributed by atoms with Crippen molar-refractivity contribution in [1.82, 2.24) is 0 Å². The van der Waals surface area contributed by atoms with Crippen molar-refractivity contribution in [3.63, 3.8) is 0 Å². The number of rotatable bonds is 5. The molecule has 4 aromatic rings. The minimum absolute atomic E-state index is 0.0374. The Labute approximate surface area is 197 Å². The van der Waals surface area contributed by atoms with E-state index in [4.69, 9.17) is 4.74 Å². The highest BCUT2D eigenvalue weighted by Gasteiger charge is 2.42. The third-order valence-electron chi connectivity index (χ3n) is 6.30. The smallest absolute Gasteiger partial charge is 0.311 e. The summed E-state index contributed by atoms with van der Waals surface area (Å²) >= 11 is 1.57. The molecule has 4 nitrogen and oxygen atoms in total. The first-order valence-corrected chi connectivity index (χ1v) is 12.1. The average molecular weight is 456 g/mol. The van der Waals surface area contributed by atoms with Crippen molar-refractivity contribution in [3.8, 4) is 0 Å². The lowest BCUT2D eigenvalue weighted by Gasteiger charge is -2.39. The summed E-state index contributed by atoms with van der Waals surface area (Å²) in [4.78, 5) is 29.2. The zero-order valence-corrected chi connectivity index (χ0v) is 19.3. The lowest BCUT2D eigenvalue weighted by Crippen LogP contribution is -2.45. The van der Waals surface area contributed by atoms with Crippen LogP contribution in [0, 0.1) is 12.8 Å². The van der Waals surface area contributed by atoms with E-state index in [-0.39, 0.29) is 24.5 Å². The van der Waals surface area contributed by atoms with Crippen LogP contribution in [0.4, 0.5) is 5.69 Å². The maximum absolute atomic E-state index is 13.4. The summed E-state index contributed by atoms with van der Waals surface area (Å²) < 4.78 is 5.87. The van der Waals surface area contributed by atoms with Crippen LogP contribution in [-0.4, -0.2) is 11.9 Å². The number of piperidine rings is 1. The first kappa shape index (κ1) is 21.4. The number of fused-ring (bicyclic) bond motifs is 1. The van der Waals surface area contributed by atoms with Crippen molar-refractivity contribution in [2.45, 2.75) is 32.4 Å². The Morgan fingerprint density at radius 3 is 2.58 bits per heavy atom. The second-order valence-electron chi connectivity index (χ2n) is 8.45. The van der Waals surface area contributed by atoms with Crippen LogP contribution < -0.4 is 4.90 Å². The van der Waals surface area contributed by atoms with Crippen LogP contribution in [0.5, 0.6) is 0 Å². The average Bonchev–Trinajstić information content (AvgIpc) is 3.38. The van der Waals surface area contributed by atoms with Gasteiger partial charge in [0.1, 0.15) is 6.61 Å². The van der Waals surface area contributed by atoms with Crippen molar-refractivity contribution < 1.29 is 14.3 Å². The SMILES string of the molecule is Cc1ccc(N2C(=O)CC[C@H](C(=O)OCc3cccc4ccccc34)[C@@H]2c2cccs2)cc1. The van der Waals surface area contributed by atoms with Gasteiger partial charge in [-0.2, -0.15) is 0 Å². The molecule has 1 fully saturated rings. The molecular formula is C28H25NO3S. The van der Waals surface area contributed by atoms with Gasteiger partial charge in [0, 0.05) is 17.0 Å². The van der Waals surface area contributed by atoms with Gasteiger partial charge < -0.3 is 9.64 Å². The molecule has 0 N–H and O–H groups in total. The highest BCUT2D eigenvalue weighted by atomic mass is 32.1. The number of ether oxygens (including phenoxy) is 1. The number of anilines is 1. The number of thiophene rings is 1. The Morgan fingerprint density at radius 2 is 1.79 bits per heavy atom. The first-order chi connectivity index (χ1) is 16.1. The van der Waals surface area contributed by atoms with Gasteiger partial charge in [0.2, 0.25) is 5.91 Å². The number of nitrogens with zero attached hydrogens (tertiary/aromatic N) is 1. The van der Waals surface area contributed by atoms with E-state index in [9.17, 15) is 9.59 Å². The van der Waals surface area contributed by atoms with E-state index in [1.807, 2.05) is 79.0 Å². The van der Waals surface area contributed by atoms with Gasteiger partial charge >= 0.3 is 5.97 Å². The molecule has 3 aromatic carbocycles. The lowest BCUT2D eigenvalue weighted by molar-refractivity contribution is -0.152. The minimum atomic E-state index is -0.419. The summed E-state index contributed by atoms with van der Waals surface area (Å²) in [6, 6.07) is 25.6. The molecule has 5 heteroatoms. The van der Waals surface area contributed by atoms with Gasteiger partial charge in [-0.05, 0) is 53.3 Å². The van der Waals surface area contributed by atoms with E-state index >= 15 is 0 Å². The van der Waals surface area contributed by atoms with Crippen LogP contribution >= 0.6 is 11.3 Å². The number of benzene rings is 3. The Morgan fingerprint density at radius 1 is 1.00 bits per heavy atom. The fourth-order valence-electron chi connectivity index (χ4n) is 4.61. The Bertz CT molecular complexity index is 1280. The van der Waals surface area contributed by atoms with Crippen LogP contribution in [0.15, 0.2) is 84.2 Å². The Balaban J connectivity index is 1.43. The maximum Gasteiger partial charge on any atom is 0.311 e. The summed E-state index contributed by atoms with van der Waals surface area (Å²) in [6.45, 7) is 2.23. The number of esters is 1. The van der Waals surface area contributed by atoms with Gasteiger partial charge in [-0.15, -0.1) is 11.3 Å². The molecule has 0 radical (unpaired) electrons. The molecule has 1 aliphatic heterocycles. The number of carbonyl (C=O) groups is 2. The predicted molar refractivity (Wildman–Crippen MR) is 132 cm³/mol. The maximum atomic E-state index is 13.4. The van der Waals surface area contributed by atoms with Crippen molar-refractivity contribution in [3.05, 3.63) is 100 Å². The fraction of sp³-hybridized carbons (Fsp3) is 0.214. The normalized spacial score (nSPS) is 18.5. The van der Waals surface area contributed by atoms with E-state index in [0.717, 1.165) is 32.5 Å². The highest BCUT2D eigenvalue weighted by Crippen LogP contribution is 2.42. The summed E-state index contributed by atoms with van der Waals surface area (Å²) in [7, 11) is 0. The summed E-state index contributed by atoms with van der Waals surface area (Å²) in [6.07, 6.45) is 0.807. The van der Waals surface area contributed by atoms with E-state index < -0.39 is 5.92 Å². The van der Waals surface area contributed by atoms with E-state index in [1.165, 1.54) is 0 Å². The Kier molecular flexibility index (Phi) is 5.97. The van der Waals surface area contributed by atoms with Gasteiger partial charge in [-0.3, -0.25) is 9.59 Å². The van der Waals surface area contributed by atoms with Crippen LogP contribution in [0.3, 0.4) is 0 Å². The highest BCUT2D eigenvalue weighted by molar-refractivity contribution is 7.10. The summed E-state index contributed by atoms with van der Waals surface area (Å²) in [5.41, 5.74) is 2.92. The van der Waals surface area contributed by atoms with Crippen LogP contribution in [0.2, 0.25) is 0 Å². The third-order valence-corrected chi connectivity index (χ3v) is 7.24. The van der Waals surface area contributed by atoms with Gasteiger partial charge in [0.05, 0.1) is 12.0 Å². The van der Waals surface area contributed by atoms with Crippen molar-refractivity contribution in [2.24, 2.45) is 5.92 Å². The standard InChI is InChI=1S/C28H25NO3S/c1-19-11-13-22(14-12-19)29-26(30)16-15-24(27(29)25-10-5-17-33-25)28(31)32-18-21-8-4-7-20-6-2-3-9-23(20)21/h2-14,17,24,27H,15-16,18H2,1H3/t24-,27+/m0/s1. The fourth-order valence-corrected chi connectivity index (χ4v) is 5.49. The zero-order valence-electron chi connectivity index (χ0n) is 18.4. The predicted octanol–water partition coefficient (Wildman–Crippen LogP) is 6.44.